The molecular formula is C9H18N2OS. The van der Waals surface area contributed by atoms with E-state index in [1.54, 1.807) is 0 Å². The summed E-state index contributed by atoms with van der Waals surface area (Å²) in [6.07, 6.45) is 3.14. The number of thiocarbonyl (C=S) groups is 1. The zero-order valence-electron chi connectivity index (χ0n) is 7.91. The van der Waals surface area contributed by atoms with Crippen LogP contribution in [0.5, 0.6) is 0 Å². The molecule has 0 aromatic heterocycles. The molecule has 0 spiro atoms. The number of piperidine rings is 1. The molecule has 0 radical (unpaired) electrons. The summed E-state index contributed by atoms with van der Waals surface area (Å²) < 4.78 is 0. The minimum absolute atomic E-state index is 0.309. The topological polar surface area (TPSA) is 49.5 Å². The molecule has 1 aliphatic rings. The molecule has 1 aliphatic heterocycles. The van der Waals surface area contributed by atoms with Gasteiger partial charge >= 0.3 is 0 Å². The number of aliphatic hydroxyl groups is 1. The SMILES string of the molecule is NC(=S)CCN1CCCC(CO)C1. The second kappa shape index (κ2) is 5.52. The third-order valence-corrected chi connectivity index (χ3v) is 2.74. The standard InChI is InChI=1S/C9H18N2OS/c10-9(13)3-5-11-4-1-2-8(6-11)7-12/h8,12H,1-7H2,(H2,10,13). The van der Waals surface area contributed by atoms with Crippen molar-refractivity contribution in [3.8, 4) is 0 Å². The molecule has 0 saturated carbocycles. The molecule has 0 aromatic carbocycles. The van der Waals surface area contributed by atoms with Gasteiger partial charge in [-0.1, -0.05) is 12.2 Å². The Balaban J connectivity index is 2.21. The predicted molar refractivity (Wildman–Crippen MR) is 57.7 cm³/mol. The summed E-state index contributed by atoms with van der Waals surface area (Å²) >= 11 is 4.82. The van der Waals surface area contributed by atoms with Gasteiger partial charge in [-0.15, -0.1) is 0 Å². The first-order chi connectivity index (χ1) is 6.22. The monoisotopic (exact) mass is 202 g/mol. The number of likely N-dealkylation sites (tertiary alicyclic amines) is 1. The third-order valence-electron chi connectivity index (χ3n) is 2.54. The van der Waals surface area contributed by atoms with Crippen LogP contribution >= 0.6 is 12.2 Å². The summed E-state index contributed by atoms with van der Waals surface area (Å²) in [6, 6.07) is 0. The van der Waals surface area contributed by atoms with Gasteiger partial charge in [-0.2, -0.15) is 0 Å². The van der Waals surface area contributed by atoms with Crippen LogP contribution in [0.25, 0.3) is 0 Å². The van der Waals surface area contributed by atoms with Gasteiger partial charge in [-0.3, -0.25) is 0 Å². The summed E-state index contributed by atoms with van der Waals surface area (Å²) in [6.45, 7) is 3.38. The van der Waals surface area contributed by atoms with Crippen LogP contribution in [0.4, 0.5) is 0 Å². The fourth-order valence-electron chi connectivity index (χ4n) is 1.77. The van der Waals surface area contributed by atoms with Gasteiger partial charge < -0.3 is 15.7 Å². The number of nitrogens with zero attached hydrogens (tertiary/aromatic N) is 1. The van der Waals surface area contributed by atoms with Gasteiger partial charge in [0.05, 0.1) is 4.99 Å². The predicted octanol–water partition coefficient (Wildman–Crippen LogP) is 0.367. The summed E-state index contributed by atoms with van der Waals surface area (Å²) in [5.41, 5.74) is 5.43. The highest BCUT2D eigenvalue weighted by Crippen LogP contribution is 2.15. The van der Waals surface area contributed by atoms with Crippen molar-refractivity contribution >= 4 is 17.2 Å². The lowest BCUT2D eigenvalue weighted by Gasteiger charge is -2.31. The average Bonchev–Trinajstić information content (AvgIpc) is 2.15. The summed E-state index contributed by atoms with van der Waals surface area (Å²) in [7, 11) is 0. The number of hydrogen-bond donors (Lipinski definition) is 2. The van der Waals surface area contributed by atoms with E-state index in [1.807, 2.05) is 0 Å². The highest BCUT2D eigenvalue weighted by Gasteiger charge is 2.18. The molecule has 13 heavy (non-hydrogen) atoms. The van der Waals surface area contributed by atoms with E-state index in [0.29, 0.717) is 17.5 Å². The lowest BCUT2D eigenvalue weighted by atomic mass is 9.99. The molecular weight excluding hydrogens is 184 g/mol. The van der Waals surface area contributed by atoms with Crippen LogP contribution in [0, 0.1) is 5.92 Å². The molecule has 0 aliphatic carbocycles. The first kappa shape index (κ1) is 10.9. The maximum Gasteiger partial charge on any atom is 0.0740 e. The number of aliphatic hydroxyl groups excluding tert-OH is 1. The van der Waals surface area contributed by atoms with E-state index < -0.39 is 0 Å². The van der Waals surface area contributed by atoms with E-state index in [0.717, 1.165) is 32.5 Å². The van der Waals surface area contributed by atoms with Gasteiger partial charge in [0.2, 0.25) is 0 Å². The molecule has 1 saturated heterocycles. The van der Waals surface area contributed by atoms with E-state index >= 15 is 0 Å². The van der Waals surface area contributed by atoms with E-state index in [-0.39, 0.29) is 0 Å². The zero-order valence-corrected chi connectivity index (χ0v) is 8.72. The van der Waals surface area contributed by atoms with E-state index in [9.17, 15) is 0 Å². The molecule has 4 heteroatoms. The van der Waals surface area contributed by atoms with Crippen LogP contribution in [-0.2, 0) is 0 Å². The molecule has 1 heterocycles. The molecule has 1 atom stereocenters. The Morgan fingerprint density at radius 2 is 2.38 bits per heavy atom. The van der Waals surface area contributed by atoms with Crippen molar-refractivity contribution in [3.05, 3.63) is 0 Å². The quantitative estimate of drug-likeness (QED) is 0.647. The van der Waals surface area contributed by atoms with E-state index in [4.69, 9.17) is 23.1 Å². The van der Waals surface area contributed by atoms with E-state index in [1.165, 1.54) is 6.42 Å². The zero-order chi connectivity index (χ0) is 9.68. The summed E-state index contributed by atoms with van der Waals surface area (Å²) in [5, 5.41) is 9.01. The number of nitrogens with two attached hydrogens (primary N) is 1. The maximum absolute atomic E-state index is 9.01. The van der Waals surface area contributed by atoms with Gasteiger partial charge in [0.15, 0.2) is 0 Å². The molecule has 76 valence electrons. The Bertz CT molecular complexity index is 175. The lowest BCUT2D eigenvalue weighted by Crippen LogP contribution is -2.38. The van der Waals surface area contributed by atoms with Crippen molar-refractivity contribution in [1.82, 2.24) is 4.90 Å². The van der Waals surface area contributed by atoms with Gasteiger partial charge in [-0.25, -0.2) is 0 Å². The molecule has 0 aromatic rings. The molecule has 1 fully saturated rings. The Morgan fingerprint density at radius 3 is 3.00 bits per heavy atom. The molecule has 0 bridgehead atoms. The molecule has 3 nitrogen and oxygen atoms in total. The minimum atomic E-state index is 0.309. The van der Waals surface area contributed by atoms with Crippen molar-refractivity contribution in [3.63, 3.8) is 0 Å². The van der Waals surface area contributed by atoms with Crippen molar-refractivity contribution in [1.29, 1.82) is 0 Å². The van der Waals surface area contributed by atoms with Crippen LogP contribution in [0.3, 0.4) is 0 Å². The second-order valence-electron chi connectivity index (χ2n) is 3.71. The Labute approximate surface area is 84.9 Å². The summed E-state index contributed by atoms with van der Waals surface area (Å²) in [4.78, 5) is 2.93. The highest BCUT2D eigenvalue weighted by molar-refractivity contribution is 7.80. The Kier molecular flexibility index (Phi) is 4.62. The fraction of sp³-hybridized carbons (Fsp3) is 0.889. The van der Waals surface area contributed by atoms with Crippen LogP contribution < -0.4 is 5.73 Å². The Morgan fingerprint density at radius 1 is 1.62 bits per heavy atom. The van der Waals surface area contributed by atoms with Gasteiger partial charge in [0.1, 0.15) is 0 Å². The summed E-state index contributed by atoms with van der Waals surface area (Å²) in [5.74, 6) is 0.458. The molecule has 3 N–H and O–H groups in total. The molecule has 0 amide bonds. The average molecular weight is 202 g/mol. The number of hydrogen-bond acceptors (Lipinski definition) is 3. The van der Waals surface area contributed by atoms with Gasteiger partial charge in [0.25, 0.3) is 0 Å². The maximum atomic E-state index is 9.01. The lowest BCUT2D eigenvalue weighted by molar-refractivity contribution is 0.123. The van der Waals surface area contributed by atoms with Gasteiger partial charge in [-0.05, 0) is 25.3 Å². The fourth-order valence-corrected chi connectivity index (χ4v) is 1.86. The van der Waals surface area contributed by atoms with Crippen molar-refractivity contribution < 1.29 is 5.11 Å². The molecule has 1 unspecified atom stereocenters. The van der Waals surface area contributed by atoms with Crippen LogP contribution in [0.15, 0.2) is 0 Å². The smallest absolute Gasteiger partial charge is 0.0740 e. The highest BCUT2D eigenvalue weighted by atomic mass is 32.1. The normalized spacial score (nSPS) is 24.5. The van der Waals surface area contributed by atoms with E-state index in [2.05, 4.69) is 4.90 Å². The third kappa shape index (κ3) is 4.02. The van der Waals surface area contributed by atoms with Crippen LogP contribution in [0.2, 0.25) is 0 Å². The second-order valence-corrected chi connectivity index (χ2v) is 4.23. The van der Waals surface area contributed by atoms with Crippen LogP contribution in [0.1, 0.15) is 19.3 Å². The minimum Gasteiger partial charge on any atom is -0.396 e. The molecule has 1 rings (SSSR count). The van der Waals surface area contributed by atoms with Crippen molar-refractivity contribution in [2.45, 2.75) is 19.3 Å². The number of rotatable bonds is 4. The Hall–Kier alpha value is -0.190. The largest absolute Gasteiger partial charge is 0.396 e. The van der Waals surface area contributed by atoms with Gasteiger partial charge in [0, 0.05) is 26.1 Å². The van der Waals surface area contributed by atoms with Crippen molar-refractivity contribution in [2.75, 3.05) is 26.2 Å². The first-order valence-electron chi connectivity index (χ1n) is 4.84. The van der Waals surface area contributed by atoms with Crippen molar-refractivity contribution in [2.24, 2.45) is 11.7 Å². The first-order valence-corrected chi connectivity index (χ1v) is 5.24. The van der Waals surface area contributed by atoms with Crippen LogP contribution in [-0.4, -0.2) is 41.2 Å².